The summed E-state index contributed by atoms with van der Waals surface area (Å²) in [6.07, 6.45) is 0. The number of carbonyl (C=O) groups excluding carboxylic acids is 2. The summed E-state index contributed by atoms with van der Waals surface area (Å²) >= 11 is 5.85. The molecule has 1 amide bonds. The van der Waals surface area contributed by atoms with Gasteiger partial charge in [-0.2, -0.15) is 0 Å². The van der Waals surface area contributed by atoms with Gasteiger partial charge in [0.15, 0.2) is 6.61 Å². The minimum absolute atomic E-state index is 0.269. The third-order valence-corrected chi connectivity index (χ3v) is 2.74. The number of nitrogens with one attached hydrogen (secondary N) is 1. The van der Waals surface area contributed by atoms with Crippen LogP contribution in [0.4, 0.5) is 0 Å². The zero-order valence-corrected chi connectivity index (χ0v) is 11.4. The predicted molar refractivity (Wildman–Crippen MR) is 68.7 cm³/mol. The minimum atomic E-state index is -1.32. The summed E-state index contributed by atoms with van der Waals surface area (Å²) in [4.78, 5) is 22.4. The first-order chi connectivity index (χ1) is 8.91. The molecule has 104 valence electrons. The van der Waals surface area contributed by atoms with Crippen molar-refractivity contribution in [2.75, 3.05) is 6.61 Å². The second kappa shape index (κ2) is 6.99. The largest absolute Gasteiger partial charge is 0.548 e. The van der Waals surface area contributed by atoms with Crippen molar-refractivity contribution in [1.82, 2.24) is 5.32 Å². The molecule has 1 rings (SSSR count). The molecule has 0 fully saturated rings. The highest BCUT2D eigenvalue weighted by molar-refractivity contribution is 6.32. The van der Waals surface area contributed by atoms with Crippen molar-refractivity contribution in [2.24, 2.45) is 5.92 Å². The van der Waals surface area contributed by atoms with E-state index in [9.17, 15) is 14.7 Å². The Kier molecular flexibility index (Phi) is 5.63. The summed E-state index contributed by atoms with van der Waals surface area (Å²) < 4.78 is 5.20. The summed E-state index contributed by atoms with van der Waals surface area (Å²) in [6, 6.07) is 5.67. The molecule has 0 aliphatic carbocycles. The van der Waals surface area contributed by atoms with E-state index in [4.69, 9.17) is 16.3 Å². The van der Waals surface area contributed by atoms with Crippen molar-refractivity contribution in [3.05, 3.63) is 29.3 Å². The van der Waals surface area contributed by atoms with Crippen LogP contribution in [0.2, 0.25) is 5.02 Å². The minimum Gasteiger partial charge on any atom is -0.548 e. The molecule has 19 heavy (non-hydrogen) atoms. The molecule has 1 aromatic rings. The fourth-order valence-electron chi connectivity index (χ4n) is 1.42. The van der Waals surface area contributed by atoms with Gasteiger partial charge in [-0.3, -0.25) is 4.79 Å². The highest BCUT2D eigenvalue weighted by Crippen LogP contribution is 2.22. The molecule has 0 saturated carbocycles. The van der Waals surface area contributed by atoms with Gasteiger partial charge in [-0.05, 0) is 18.1 Å². The van der Waals surface area contributed by atoms with Crippen LogP contribution in [-0.2, 0) is 9.59 Å². The number of carboxylic acid groups (broad SMARTS) is 1. The summed E-state index contributed by atoms with van der Waals surface area (Å²) in [6.45, 7) is 3.05. The van der Waals surface area contributed by atoms with Gasteiger partial charge in [0.2, 0.25) is 0 Å². The quantitative estimate of drug-likeness (QED) is 0.830. The van der Waals surface area contributed by atoms with Gasteiger partial charge in [0.1, 0.15) is 5.75 Å². The Labute approximate surface area is 116 Å². The summed E-state index contributed by atoms with van der Waals surface area (Å²) in [7, 11) is 0. The second-order valence-electron chi connectivity index (χ2n) is 4.33. The molecule has 1 atom stereocenters. The number of hydrogen-bond donors (Lipinski definition) is 1. The van der Waals surface area contributed by atoms with Crippen molar-refractivity contribution in [2.45, 2.75) is 19.9 Å². The van der Waals surface area contributed by atoms with Crippen molar-refractivity contribution < 1.29 is 19.4 Å². The lowest BCUT2D eigenvalue weighted by Crippen LogP contribution is -2.51. The predicted octanol–water partition coefficient (Wildman–Crippen LogP) is 0.609. The van der Waals surface area contributed by atoms with E-state index in [1.54, 1.807) is 38.1 Å². The zero-order chi connectivity index (χ0) is 14.4. The number of ether oxygens (including phenoxy) is 1. The molecule has 0 radical (unpaired) electrons. The number of aliphatic carboxylic acids is 1. The molecule has 6 heteroatoms. The van der Waals surface area contributed by atoms with Crippen LogP contribution in [-0.4, -0.2) is 24.5 Å². The van der Waals surface area contributed by atoms with Crippen LogP contribution in [0.3, 0.4) is 0 Å². The van der Waals surface area contributed by atoms with Crippen molar-refractivity contribution in [3.8, 4) is 5.75 Å². The van der Waals surface area contributed by atoms with Gasteiger partial charge in [0, 0.05) is 0 Å². The fourth-order valence-corrected chi connectivity index (χ4v) is 1.61. The highest BCUT2D eigenvalue weighted by Gasteiger charge is 2.17. The highest BCUT2D eigenvalue weighted by atomic mass is 35.5. The van der Waals surface area contributed by atoms with Crippen LogP contribution < -0.4 is 15.2 Å². The Morgan fingerprint density at radius 1 is 1.37 bits per heavy atom. The summed E-state index contributed by atoms with van der Waals surface area (Å²) in [5.74, 6) is -1.76. The first kappa shape index (κ1) is 15.3. The van der Waals surface area contributed by atoms with Crippen LogP contribution in [0.25, 0.3) is 0 Å². The monoisotopic (exact) mass is 284 g/mol. The zero-order valence-electron chi connectivity index (χ0n) is 10.7. The molecule has 1 aromatic carbocycles. The molecule has 0 aliphatic heterocycles. The van der Waals surface area contributed by atoms with E-state index in [0.717, 1.165) is 0 Å². The number of amides is 1. The van der Waals surface area contributed by atoms with E-state index in [1.165, 1.54) is 0 Å². The van der Waals surface area contributed by atoms with E-state index >= 15 is 0 Å². The molecule has 0 unspecified atom stereocenters. The van der Waals surface area contributed by atoms with Gasteiger partial charge in [-0.1, -0.05) is 37.6 Å². The van der Waals surface area contributed by atoms with Gasteiger partial charge in [-0.15, -0.1) is 0 Å². The first-order valence-electron chi connectivity index (χ1n) is 5.79. The maximum absolute atomic E-state index is 11.6. The average Bonchev–Trinajstić information content (AvgIpc) is 2.34. The average molecular weight is 285 g/mol. The molecule has 0 heterocycles. The van der Waals surface area contributed by atoms with Crippen LogP contribution >= 0.6 is 11.6 Å². The van der Waals surface area contributed by atoms with Crippen molar-refractivity contribution >= 4 is 23.5 Å². The first-order valence-corrected chi connectivity index (χ1v) is 6.17. The summed E-state index contributed by atoms with van der Waals surface area (Å²) in [5, 5.41) is 13.5. The van der Waals surface area contributed by atoms with E-state index in [-0.39, 0.29) is 12.5 Å². The van der Waals surface area contributed by atoms with E-state index in [0.29, 0.717) is 10.8 Å². The SMILES string of the molecule is CC(C)[C@H](NC(=O)COc1ccccc1Cl)C(=O)[O-]. The number of carboxylic acids is 1. The van der Waals surface area contributed by atoms with Crippen LogP contribution in [0.5, 0.6) is 5.75 Å². The Bertz CT molecular complexity index is 462. The smallest absolute Gasteiger partial charge is 0.258 e. The number of carbonyl (C=O) groups is 2. The lowest BCUT2D eigenvalue weighted by atomic mass is 10.1. The fraction of sp³-hybridized carbons (Fsp3) is 0.385. The van der Waals surface area contributed by atoms with Gasteiger partial charge < -0.3 is 20.0 Å². The van der Waals surface area contributed by atoms with Gasteiger partial charge in [0.25, 0.3) is 5.91 Å². The number of halogens is 1. The Morgan fingerprint density at radius 2 is 2.00 bits per heavy atom. The van der Waals surface area contributed by atoms with Crippen molar-refractivity contribution in [3.63, 3.8) is 0 Å². The normalized spacial score (nSPS) is 12.0. The van der Waals surface area contributed by atoms with Gasteiger partial charge in [0.05, 0.1) is 17.0 Å². The molecule has 1 N–H and O–H groups in total. The molecule has 0 bridgehead atoms. The lowest BCUT2D eigenvalue weighted by Gasteiger charge is -2.23. The number of benzene rings is 1. The lowest BCUT2D eigenvalue weighted by molar-refractivity contribution is -0.309. The third kappa shape index (κ3) is 4.79. The Balaban J connectivity index is 2.52. The maximum Gasteiger partial charge on any atom is 0.258 e. The summed E-state index contributed by atoms with van der Waals surface area (Å²) in [5.41, 5.74) is 0. The Morgan fingerprint density at radius 3 is 2.53 bits per heavy atom. The Hall–Kier alpha value is -1.75. The number of hydrogen-bond acceptors (Lipinski definition) is 4. The molecular weight excluding hydrogens is 270 g/mol. The number of rotatable bonds is 6. The topological polar surface area (TPSA) is 78.5 Å². The van der Waals surface area contributed by atoms with E-state index in [2.05, 4.69) is 5.32 Å². The molecule has 0 spiro atoms. The standard InChI is InChI=1S/C13H16ClNO4/c1-8(2)12(13(17)18)15-11(16)7-19-10-6-4-3-5-9(10)14/h3-6,8,12H,7H2,1-2H3,(H,15,16)(H,17,18)/p-1/t12-/m0/s1. The third-order valence-electron chi connectivity index (χ3n) is 2.43. The molecule has 0 aromatic heterocycles. The van der Waals surface area contributed by atoms with Crippen molar-refractivity contribution in [1.29, 1.82) is 0 Å². The van der Waals surface area contributed by atoms with E-state index in [1.807, 2.05) is 0 Å². The number of para-hydroxylation sites is 1. The van der Waals surface area contributed by atoms with Crippen LogP contribution in [0.15, 0.2) is 24.3 Å². The van der Waals surface area contributed by atoms with Gasteiger partial charge in [-0.25, -0.2) is 0 Å². The molecule has 0 aliphatic rings. The molecule has 5 nitrogen and oxygen atoms in total. The maximum atomic E-state index is 11.6. The molecule has 0 saturated heterocycles. The van der Waals surface area contributed by atoms with Crippen LogP contribution in [0.1, 0.15) is 13.8 Å². The second-order valence-corrected chi connectivity index (χ2v) is 4.73. The van der Waals surface area contributed by atoms with Crippen LogP contribution in [0, 0.1) is 5.92 Å². The van der Waals surface area contributed by atoms with Gasteiger partial charge >= 0.3 is 0 Å². The molecular formula is C13H15ClNO4-. The van der Waals surface area contributed by atoms with E-state index < -0.39 is 17.9 Å².